The van der Waals surface area contributed by atoms with Crippen LogP contribution in [0.5, 0.6) is 5.75 Å². The number of halogens is 2. The van der Waals surface area contributed by atoms with Crippen LogP contribution in [0, 0.1) is 0 Å². The molecule has 10 heteroatoms. The Bertz CT molecular complexity index is 782. The first kappa shape index (κ1) is 17.5. The largest absolute Gasteiger partial charge is 0.479 e. The number of aromatic amines is 1. The molecule has 2 heterocycles. The van der Waals surface area contributed by atoms with Crippen molar-refractivity contribution in [3.8, 4) is 5.75 Å². The number of hydrogen-bond donors (Lipinski definition) is 5. The molecular formula is C14H13BrClNO7. The van der Waals surface area contributed by atoms with Crippen molar-refractivity contribution in [3.63, 3.8) is 0 Å². The Balaban J connectivity index is 1.90. The molecule has 3 rings (SSSR count). The Kier molecular flexibility index (Phi) is 4.73. The van der Waals surface area contributed by atoms with Crippen LogP contribution in [0.25, 0.3) is 10.9 Å². The molecule has 130 valence electrons. The average molecular weight is 423 g/mol. The van der Waals surface area contributed by atoms with Gasteiger partial charge in [0.15, 0.2) is 6.10 Å². The van der Waals surface area contributed by atoms with Crippen LogP contribution in [-0.4, -0.2) is 62.1 Å². The third kappa shape index (κ3) is 2.99. The smallest absolute Gasteiger partial charge is 0.335 e. The molecular weight excluding hydrogens is 410 g/mol. The van der Waals surface area contributed by atoms with E-state index in [-0.39, 0.29) is 5.75 Å². The van der Waals surface area contributed by atoms with Gasteiger partial charge in [-0.2, -0.15) is 0 Å². The number of nitrogens with one attached hydrogen (secondary N) is 1. The number of H-pyrrole nitrogens is 1. The van der Waals surface area contributed by atoms with Crippen molar-refractivity contribution in [3.05, 3.63) is 27.8 Å². The second kappa shape index (κ2) is 6.51. The molecule has 0 spiro atoms. The minimum absolute atomic E-state index is 0.263. The monoisotopic (exact) mass is 421 g/mol. The minimum atomic E-state index is -1.77. The van der Waals surface area contributed by atoms with Crippen LogP contribution in [0.4, 0.5) is 0 Å². The summed E-state index contributed by atoms with van der Waals surface area (Å²) in [5, 5.41) is 39.6. The average Bonchev–Trinajstić information content (AvgIpc) is 2.90. The highest BCUT2D eigenvalue weighted by atomic mass is 79.9. The standard InChI is InChI=1S/C14H13BrClNO7/c15-5-1-4-7(2-6(5)16)17-3-8(4)23-14-11(20)9(18)10(19)12(24-14)13(21)22/h1-3,9-12,14,17-20H,(H,21,22)/t9-,10+,11+,12-,14-/m1/s1. The molecule has 8 nitrogen and oxygen atoms in total. The third-order valence-electron chi connectivity index (χ3n) is 3.74. The summed E-state index contributed by atoms with van der Waals surface area (Å²) >= 11 is 9.29. The molecule has 5 atom stereocenters. The lowest BCUT2D eigenvalue weighted by Gasteiger charge is -2.38. The van der Waals surface area contributed by atoms with Crippen molar-refractivity contribution in [1.82, 2.24) is 4.98 Å². The first-order valence-electron chi connectivity index (χ1n) is 6.85. The summed E-state index contributed by atoms with van der Waals surface area (Å²) in [7, 11) is 0. The summed E-state index contributed by atoms with van der Waals surface area (Å²) in [6.45, 7) is 0. The number of carboxylic acids is 1. The van der Waals surface area contributed by atoms with E-state index >= 15 is 0 Å². The summed E-state index contributed by atoms with van der Waals surface area (Å²) in [5.41, 5.74) is 0.652. The Hall–Kier alpha value is -1.36. The van der Waals surface area contributed by atoms with E-state index in [9.17, 15) is 20.1 Å². The van der Waals surface area contributed by atoms with Crippen molar-refractivity contribution in [2.45, 2.75) is 30.7 Å². The number of fused-ring (bicyclic) bond motifs is 1. The molecule has 24 heavy (non-hydrogen) atoms. The zero-order valence-electron chi connectivity index (χ0n) is 11.9. The van der Waals surface area contributed by atoms with E-state index in [1.165, 1.54) is 6.20 Å². The predicted molar refractivity (Wildman–Crippen MR) is 86.0 cm³/mol. The number of ether oxygens (including phenoxy) is 2. The second-order valence-electron chi connectivity index (χ2n) is 5.32. The van der Waals surface area contributed by atoms with E-state index in [1.54, 1.807) is 12.1 Å². The zero-order valence-corrected chi connectivity index (χ0v) is 14.2. The molecule has 1 aliphatic heterocycles. The molecule has 1 aromatic heterocycles. The van der Waals surface area contributed by atoms with Gasteiger partial charge in [-0.15, -0.1) is 0 Å². The van der Waals surface area contributed by atoms with Crippen LogP contribution in [0.15, 0.2) is 22.8 Å². The number of carbonyl (C=O) groups is 1. The maximum absolute atomic E-state index is 11.1. The summed E-state index contributed by atoms with van der Waals surface area (Å²) < 4.78 is 11.2. The number of hydrogen-bond acceptors (Lipinski definition) is 6. The fourth-order valence-corrected chi connectivity index (χ4v) is 2.97. The van der Waals surface area contributed by atoms with Gasteiger partial charge in [0.1, 0.15) is 24.1 Å². The predicted octanol–water partition coefficient (Wildman–Crippen LogP) is 0.855. The molecule has 1 aliphatic rings. The highest BCUT2D eigenvalue weighted by Gasteiger charge is 2.48. The molecule has 0 amide bonds. The summed E-state index contributed by atoms with van der Waals surface area (Å²) in [5.74, 6) is -1.21. The summed E-state index contributed by atoms with van der Waals surface area (Å²) in [6.07, 6.45) is -6.84. The lowest BCUT2D eigenvalue weighted by Crippen LogP contribution is -2.61. The van der Waals surface area contributed by atoms with Crippen LogP contribution in [0.3, 0.4) is 0 Å². The maximum atomic E-state index is 11.1. The fraction of sp³-hybridized carbons (Fsp3) is 0.357. The van der Waals surface area contributed by atoms with Gasteiger partial charge in [-0.3, -0.25) is 0 Å². The second-order valence-corrected chi connectivity index (χ2v) is 6.58. The molecule has 0 unspecified atom stereocenters. The van der Waals surface area contributed by atoms with E-state index in [0.717, 1.165) is 0 Å². The summed E-state index contributed by atoms with van der Waals surface area (Å²) in [6, 6.07) is 3.34. The van der Waals surface area contributed by atoms with E-state index in [0.29, 0.717) is 20.4 Å². The Morgan fingerprint density at radius 2 is 1.96 bits per heavy atom. The molecule has 5 N–H and O–H groups in total. The molecule has 1 saturated heterocycles. The number of aromatic nitrogens is 1. The van der Waals surface area contributed by atoms with Gasteiger partial charge in [0.2, 0.25) is 6.29 Å². The molecule has 0 radical (unpaired) electrons. The normalized spacial score (nSPS) is 30.5. The van der Waals surface area contributed by atoms with Crippen molar-refractivity contribution < 1.29 is 34.7 Å². The van der Waals surface area contributed by atoms with Gasteiger partial charge in [0.25, 0.3) is 0 Å². The Morgan fingerprint density at radius 1 is 1.25 bits per heavy atom. The summed E-state index contributed by atoms with van der Waals surface area (Å²) in [4.78, 5) is 14.0. The van der Waals surface area contributed by atoms with Gasteiger partial charge in [0.05, 0.1) is 10.5 Å². The van der Waals surface area contributed by atoms with E-state index < -0.39 is 36.7 Å². The quantitative estimate of drug-likeness (QED) is 0.495. The number of carboxylic acid groups (broad SMARTS) is 1. The Labute approximate surface area is 148 Å². The number of aliphatic carboxylic acids is 1. The highest BCUT2D eigenvalue weighted by molar-refractivity contribution is 9.10. The van der Waals surface area contributed by atoms with Gasteiger partial charge in [0, 0.05) is 16.1 Å². The number of benzene rings is 1. The highest BCUT2D eigenvalue weighted by Crippen LogP contribution is 2.34. The first-order valence-corrected chi connectivity index (χ1v) is 8.02. The van der Waals surface area contributed by atoms with Gasteiger partial charge >= 0.3 is 5.97 Å². The molecule has 0 bridgehead atoms. The fourth-order valence-electron chi connectivity index (χ4n) is 2.46. The van der Waals surface area contributed by atoms with Crippen LogP contribution in [-0.2, 0) is 9.53 Å². The van der Waals surface area contributed by atoms with Crippen molar-refractivity contribution >= 4 is 44.4 Å². The molecule has 1 aromatic carbocycles. The number of aliphatic hydroxyl groups is 3. The van der Waals surface area contributed by atoms with Crippen LogP contribution >= 0.6 is 27.5 Å². The van der Waals surface area contributed by atoms with Crippen molar-refractivity contribution in [2.24, 2.45) is 0 Å². The maximum Gasteiger partial charge on any atom is 0.335 e. The lowest BCUT2D eigenvalue weighted by molar-refractivity contribution is -0.270. The third-order valence-corrected chi connectivity index (χ3v) is 4.94. The van der Waals surface area contributed by atoms with Gasteiger partial charge in [-0.25, -0.2) is 4.79 Å². The van der Waals surface area contributed by atoms with Gasteiger partial charge in [-0.05, 0) is 28.1 Å². The Morgan fingerprint density at radius 3 is 2.62 bits per heavy atom. The molecule has 2 aromatic rings. The van der Waals surface area contributed by atoms with Gasteiger partial charge < -0.3 is 34.9 Å². The van der Waals surface area contributed by atoms with Crippen LogP contribution < -0.4 is 4.74 Å². The van der Waals surface area contributed by atoms with Crippen LogP contribution in [0.2, 0.25) is 5.02 Å². The van der Waals surface area contributed by atoms with E-state index in [2.05, 4.69) is 20.9 Å². The van der Waals surface area contributed by atoms with E-state index in [4.69, 9.17) is 26.2 Å². The molecule has 0 saturated carbocycles. The van der Waals surface area contributed by atoms with Crippen molar-refractivity contribution in [2.75, 3.05) is 0 Å². The van der Waals surface area contributed by atoms with E-state index in [1.807, 2.05) is 0 Å². The zero-order chi connectivity index (χ0) is 17.6. The number of aliphatic hydroxyl groups excluding tert-OH is 3. The first-order chi connectivity index (χ1) is 11.3. The molecule has 0 aliphatic carbocycles. The SMILES string of the molecule is O=C(O)[C@@H]1O[C@@H](Oc2c[nH]c3cc(Cl)c(Br)cc23)[C@@H](O)[C@H](O)[C@@H]1O. The molecule has 1 fully saturated rings. The van der Waals surface area contributed by atoms with Crippen molar-refractivity contribution in [1.29, 1.82) is 0 Å². The minimum Gasteiger partial charge on any atom is -0.479 e. The lowest BCUT2D eigenvalue weighted by atomic mass is 9.99. The number of rotatable bonds is 3. The van der Waals surface area contributed by atoms with Crippen LogP contribution in [0.1, 0.15) is 0 Å². The van der Waals surface area contributed by atoms with Gasteiger partial charge in [-0.1, -0.05) is 11.6 Å². The topological polar surface area (TPSA) is 132 Å².